The molecule has 0 aliphatic rings. The van der Waals surface area contributed by atoms with E-state index in [0.717, 1.165) is 5.56 Å². The lowest BCUT2D eigenvalue weighted by Gasteiger charge is -2.14. The summed E-state index contributed by atoms with van der Waals surface area (Å²) in [7, 11) is 0. The molecule has 0 N–H and O–H groups in total. The number of alkyl halides is 1. The van der Waals surface area contributed by atoms with Crippen LogP contribution in [0.3, 0.4) is 0 Å². The van der Waals surface area contributed by atoms with Crippen LogP contribution in [0.25, 0.3) is 0 Å². The van der Waals surface area contributed by atoms with Crippen LogP contribution in [-0.4, -0.2) is 12.3 Å². The molecule has 0 atom stereocenters. The summed E-state index contributed by atoms with van der Waals surface area (Å²) in [4.78, 5) is 0. The molecule has 1 aromatic rings. The predicted octanol–water partition coefficient (Wildman–Crippen LogP) is 3.27. The maximum Gasteiger partial charge on any atom is 0.119 e. The lowest BCUT2D eigenvalue weighted by molar-refractivity contribution is 0.161. The van der Waals surface area contributed by atoms with E-state index in [1.807, 2.05) is 12.1 Å². The first-order valence-electron chi connectivity index (χ1n) is 5.29. The number of hydrogen-bond acceptors (Lipinski definition) is 2. The zero-order valence-corrected chi connectivity index (χ0v) is 9.66. The quantitative estimate of drug-likeness (QED) is 0.764. The normalized spacial score (nSPS) is 10.9. The largest absolute Gasteiger partial charge is 0.493 e. The Hall–Kier alpha value is -1.56. The highest BCUT2D eigenvalue weighted by Gasteiger charge is 2.14. The summed E-state index contributed by atoms with van der Waals surface area (Å²) < 4.78 is 18.5. The second-order valence-corrected chi connectivity index (χ2v) is 4.30. The van der Waals surface area contributed by atoms with E-state index in [4.69, 9.17) is 10.00 Å². The van der Waals surface area contributed by atoms with Gasteiger partial charge in [0.05, 0.1) is 19.1 Å². The van der Waals surface area contributed by atoms with Crippen LogP contribution in [0.2, 0.25) is 0 Å². The molecule has 3 heteroatoms. The first-order chi connectivity index (χ1) is 7.51. The number of nitrogens with zero attached hydrogens (tertiary/aromatic N) is 1. The third kappa shape index (κ3) is 4.79. The molecule has 0 spiro atoms. The topological polar surface area (TPSA) is 33.0 Å². The number of halogens is 1. The molecule has 0 aromatic heterocycles. The zero-order chi connectivity index (χ0) is 12.0. The van der Waals surface area contributed by atoms with Crippen molar-refractivity contribution in [3.63, 3.8) is 0 Å². The Labute approximate surface area is 95.7 Å². The fourth-order valence-corrected chi connectivity index (χ4v) is 1.21. The number of hydrogen-bond donors (Lipinski definition) is 0. The first kappa shape index (κ1) is 12.5. The van der Waals surface area contributed by atoms with Crippen LogP contribution in [-0.2, 0) is 6.42 Å². The molecular formula is C13H16FNO. The van der Waals surface area contributed by atoms with Crippen molar-refractivity contribution in [2.45, 2.75) is 32.4 Å². The van der Waals surface area contributed by atoms with E-state index in [2.05, 4.69) is 6.07 Å². The Kier molecular flexibility index (Phi) is 4.30. The fourth-order valence-electron chi connectivity index (χ4n) is 1.21. The van der Waals surface area contributed by atoms with E-state index in [1.165, 1.54) is 13.8 Å². The SMILES string of the molecule is CC(C)(F)CCOc1ccc(CC#N)cc1. The van der Waals surface area contributed by atoms with E-state index in [0.29, 0.717) is 25.2 Å². The summed E-state index contributed by atoms with van der Waals surface area (Å²) in [6.07, 6.45) is 0.769. The van der Waals surface area contributed by atoms with Crippen LogP contribution in [0.1, 0.15) is 25.8 Å². The van der Waals surface area contributed by atoms with Gasteiger partial charge >= 0.3 is 0 Å². The first-order valence-corrected chi connectivity index (χ1v) is 5.29. The predicted molar refractivity (Wildman–Crippen MR) is 61.1 cm³/mol. The molecule has 0 saturated carbocycles. The highest BCUT2D eigenvalue weighted by atomic mass is 19.1. The number of ether oxygens (including phenoxy) is 1. The minimum absolute atomic E-state index is 0.362. The van der Waals surface area contributed by atoms with E-state index >= 15 is 0 Å². The van der Waals surface area contributed by atoms with Gasteiger partial charge < -0.3 is 4.74 Å². The summed E-state index contributed by atoms with van der Waals surface area (Å²) in [6.45, 7) is 3.43. The van der Waals surface area contributed by atoms with E-state index in [9.17, 15) is 4.39 Å². The molecule has 0 saturated heterocycles. The average Bonchev–Trinajstić information content (AvgIpc) is 2.19. The van der Waals surface area contributed by atoms with Gasteiger partial charge in [-0.25, -0.2) is 4.39 Å². The molecule has 86 valence electrons. The molecule has 0 aliphatic heterocycles. The highest BCUT2D eigenvalue weighted by Crippen LogP contribution is 2.16. The molecular weight excluding hydrogens is 205 g/mol. The third-order valence-corrected chi connectivity index (χ3v) is 2.17. The minimum Gasteiger partial charge on any atom is -0.493 e. The van der Waals surface area contributed by atoms with Crippen molar-refractivity contribution in [2.24, 2.45) is 0 Å². The Morgan fingerprint density at radius 3 is 2.44 bits per heavy atom. The number of nitriles is 1. The second-order valence-electron chi connectivity index (χ2n) is 4.30. The fraction of sp³-hybridized carbons (Fsp3) is 0.462. The zero-order valence-electron chi connectivity index (χ0n) is 9.66. The smallest absolute Gasteiger partial charge is 0.119 e. The van der Waals surface area contributed by atoms with Crippen molar-refractivity contribution in [1.29, 1.82) is 5.26 Å². The molecule has 0 heterocycles. The molecule has 0 amide bonds. The van der Waals surface area contributed by atoms with E-state index < -0.39 is 5.67 Å². The van der Waals surface area contributed by atoms with Crippen molar-refractivity contribution >= 4 is 0 Å². The van der Waals surface area contributed by atoms with E-state index in [1.54, 1.807) is 12.1 Å². The van der Waals surface area contributed by atoms with Crippen LogP contribution in [0.5, 0.6) is 5.75 Å². The van der Waals surface area contributed by atoms with E-state index in [-0.39, 0.29) is 0 Å². The molecule has 2 nitrogen and oxygen atoms in total. The summed E-state index contributed by atoms with van der Waals surface area (Å²) in [5, 5.41) is 8.50. The second kappa shape index (κ2) is 5.50. The lowest BCUT2D eigenvalue weighted by Crippen LogP contribution is -2.16. The highest BCUT2D eigenvalue weighted by molar-refractivity contribution is 5.28. The van der Waals surface area contributed by atoms with Crippen molar-refractivity contribution in [3.05, 3.63) is 29.8 Å². The lowest BCUT2D eigenvalue weighted by atomic mass is 10.1. The molecule has 0 aliphatic carbocycles. The van der Waals surface area contributed by atoms with Gasteiger partial charge in [-0.3, -0.25) is 0 Å². The molecule has 0 radical (unpaired) electrons. The average molecular weight is 221 g/mol. The summed E-state index contributed by atoms with van der Waals surface area (Å²) >= 11 is 0. The standard InChI is InChI=1S/C13H16FNO/c1-13(2,14)8-10-16-12-5-3-11(4-6-12)7-9-15/h3-6H,7-8,10H2,1-2H3. The number of rotatable bonds is 5. The molecule has 0 unspecified atom stereocenters. The van der Waals surface area contributed by atoms with Crippen LogP contribution in [0.4, 0.5) is 4.39 Å². The maximum absolute atomic E-state index is 13.1. The van der Waals surface area contributed by atoms with Crippen molar-refractivity contribution in [3.8, 4) is 11.8 Å². The number of benzene rings is 1. The van der Waals surface area contributed by atoms with Gasteiger partial charge in [-0.05, 0) is 31.5 Å². The molecule has 0 bridgehead atoms. The van der Waals surface area contributed by atoms with Gasteiger partial charge in [0, 0.05) is 6.42 Å². The van der Waals surface area contributed by atoms with Crippen molar-refractivity contribution in [1.82, 2.24) is 0 Å². The van der Waals surface area contributed by atoms with Crippen molar-refractivity contribution < 1.29 is 9.13 Å². The summed E-state index contributed by atoms with van der Waals surface area (Å²) in [5.74, 6) is 0.714. The molecule has 1 rings (SSSR count). The maximum atomic E-state index is 13.1. The van der Waals surface area contributed by atoms with Gasteiger partial charge in [0.2, 0.25) is 0 Å². The van der Waals surface area contributed by atoms with Gasteiger partial charge in [-0.15, -0.1) is 0 Å². The molecule has 16 heavy (non-hydrogen) atoms. The Morgan fingerprint density at radius 1 is 1.31 bits per heavy atom. The Morgan fingerprint density at radius 2 is 1.94 bits per heavy atom. The Balaban J connectivity index is 2.41. The summed E-state index contributed by atoms with van der Waals surface area (Å²) in [5.41, 5.74) is -0.235. The van der Waals surface area contributed by atoms with Gasteiger partial charge in [-0.1, -0.05) is 12.1 Å². The van der Waals surface area contributed by atoms with Crippen molar-refractivity contribution in [2.75, 3.05) is 6.61 Å². The van der Waals surface area contributed by atoms with Crippen LogP contribution in [0.15, 0.2) is 24.3 Å². The monoisotopic (exact) mass is 221 g/mol. The van der Waals surface area contributed by atoms with Gasteiger partial charge in [0.25, 0.3) is 0 Å². The third-order valence-electron chi connectivity index (χ3n) is 2.17. The molecule has 1 aromatic carbocycles. The van der Waals surface area contributed by atoms with Gasteiger partial charge in [0.1, 0.15) is 11.4 Å². The van der Waals surface area contributed by atoms with Crippen LogP contribution in [0, 0.1) is 11.3 Å². The van der Waals surface area contributed by atoms with Crippen LogP contribution >= 0.6 is 0 Å². The Bertz CT molecular complexity index is 359. The summed E-state index contributed by atoms with van der Waals surface area (Å²) in [6, 6.07) is 9.38. The minimum atomic E-state index is -1.19. The van der Waals surface area contributed by atoms with Gasteiger partial charge in [-0.2, -0.15) is 5.26 Å². The van der Waals surface area contributed by atoms with Gasteiger partial charge in [0.15, 0.2) is 0 Å². The van der Waals surface area contributed by atoms with Crippen LogP contribution < -0.4 is 4.74 Å². The molecule has 0 fully saturated rings.